The van der Waals surface area contributed by atoms with Crippen LogP contribution < -0.4 is 0 Å². The number of fused-ring (bicyclic) bond motifs is 6. The van der Waals surface area contributed by atoms with Gasteiger partial charge in [0.05, 0.1) is 12.0 Å². The quantitative estimate of drug-likeness (QED) is 0.181. The van der Waals surface area contributed by atoms with E-state index in [0.717, 1.165) is 77.3 Å². The van der Waals surface area contributed by atoms with Crippen LogP contribution in [0.4, 0.5) is 0 Å². The number of allylic oxidation sites excluding steroid dienone is 4. The summed E-state index contributed by atoms with van der Waals surface area (Å²) in [6, 6.07) is 47.8. The average molecular weight is 669 g/mol. The Morgan fingerprint density at radius 1 is 0.500 bits per heavy atom. The molecule has 1 atom stereocenters. The third kappa shape index (κ3) is 5.07. The van der Waals surface area contributed by atoms with Gasteiger partial charge in [0.1, 0.15) is 28.2 Å². The van der Waals surface area contributed by atoms with Crippen LogP contribution in [0.1, 0.15) is 18.2 Å². The highest BCUT2D eigenvalue weighted by Crippen LogP contribution is 2.39. The summed E-state index contributed by atoms with van der Waals surface area (Å²) in [5, 5.41) is 14.3. The van der Waals surface area contributed by atoms with Crippen molar-refractivity contribution in [2.24, 2.45) is 0 Å². The molecule has 3 aromatic heterocycles. The Labute approximate surface area is 298 Å². The fourth-order valence-corrected chi connectivity index (χ4v) is 7.28. The van der Waals surface area contributed by atoms with Crippen molar-refractivity contribution in [3.8, 4) is 51.1 Å². The molecule has 6 aromatic carbocycles. The number of para-hydroxylation sites is 2. The molecule has 0 amide bonds. The van der Waals surface area contributed by atoms with Gasteiger partial charge in [0.2, 0.25) is 0 Å². The van der Waals surface area contributed by atoms with E-state index in [1.807, 2.05) is 91.0 Å². The average Bonchev–Trinajstić information content (AvgIpc) is 3.78. The van der Waals surface area contributed by atoms with Gasteiger partial charge in [0.25, 0.3) is 0 Å². The summed E-state index contributed by atoms with van der Waals surface area (Å²) in [7, 11) is 0. The molecule has 1 unspecified atom stereocenters. The summed E-state index contributed by atoms with van der Waals surface area (Å²) >= 11 is 0. The Bertz CT molecular complexity index is 2830. The zero-order valence-electron chi connectivity index (χ0n) is 27.8. The van der Waals surface area contributed by atoms with Gasteiger partial charge in [-0.05, 0) is 89.3 Å². The minimum absolute atomic E-state index is 0.268. The lowest BCUT2D eigenvalue weighted by molar-refractivity contribution is 0.668. The van der Waals surface area contributed by atoms with E-state index in [4.69, 9.17) is 23.8 Å². The lowest BCUT2D eigenvalue weighted by Gasteiger charge is -2.17. The van der Waals surface area contributed by atoms with E-state index < -0.39 is 0 Å². The van der Waals surface area contributed by atoms with Crippen LogP contribution in [0.2, 0.25) is 0 Å². The summed E-state index contributed by atoms with van der Waals surface area (Å²) in [5.74, 6) is 1.42. The molecule has 0 bridgehead atoms. The first kappa shape index (κ1) is 29.8. The summed E-state index contributed by atoms with van der Waals surface area (Å²) in [4.78, 5) is 15.1. The van der Waals surface area contributed by atoms with Crippen LogP contribution >= 0.6 is 0 Å². The van der Waals surface area contributed by atoms with E-state index in [1.165, 1.54) is 0 Å². The second kappa shape index (κ2) is 12.0. The van der Waals surface area contributed by atoms with Gasteiger partial charge in [-0.1, -0.05) is 91.0 Å². The molecule has 1 aliphatic carbocycles. The van der Waals surface area contributed by atoms with E-state index in [2.05, 4.69) is 66.7 Å². The monoisotopic (exact) mass is 668 g/mol. The highest BCUT2D eigenvalue weighted by atomic mass is 16.3. The van der Waals surface area contributed by atoms with Crippen LogP contribution in [-0.4, -0.2) is 15.0 Å². The number of hydrogen-bond acceptors (Lipinski definition) is 6. The fraction of sp³-hybridized carbons (Fsp3) is 0.0435. The van der Waals surface area contributed by atoms with Crippen LogP contribution in [0.3, 0.4) is 0 Å². The number of furan rings is 2. The Morgan fingerprint density at radius 2 is 1.04 bits per heavy atom. The number of benzene rings is 6. The predicted molar refractivity (Wildman–Crippen MR) is 206 cm³/mol. The molecule has 0 saturated heterocycles. The number of nitriles is 1. The standard InChI is InChI=1S/C46H28N4O2/c47-27-31-12-4-5-13-35(31)46-49-44(28-10-2-1-3-11-28)48-45(50-46)34-23-32(29-18-20-42-38(25-29)36-14-6-8-16-40(36)51-42)22-33(24-34)30-19-21-43-39(26-30)37-15-7-9-17-41(37)52-43/h1-12,14-26,35H,13H2. The van der Waals surface area contributed by atoms with E-state index in [1.54, 1.807) is 0 Å². The molecule has 9 aromatic rings. The number of nitrogens with zero attached hydrogens (tertiary/aromatic N) is 4. The molecule has 52 heavy (non-hydrogen) atoms. The van der Waals surface area contributed by atoms with E-state index in [-0.39, 0.29) is 5.92 Å². The fourth-order valence-electron chi connectivity index (χ4n) is 7.28. The summed E-state index contributed by atoms with van der Waals surface area (Å²) < 4.78 is 12.3. The zero-order valence-corrected chi connectivity index (χ0v) is 27.8. The molecular formula is C46H28N4O2. The van der Waals surface area contributed by atoms with Crippen molar-refractivity contribution >= 4 is 43.9 Å². The molecule has 6 nitrogen and oxygen atoms in total. The highest BCUT2D eigenvalue weighted by Gasteiger charge is 2.24. The van der Waals surface area contributed by atoms with Crippen molar-refractivity contribution in [3.05, 3.63) is 163 Å². The zero-order chi connectivity index (χ0) is 34.6. The second-order valence-corrected chi connectivity index (χ2v) is 13.1. The molecule has 3 heterocycles. The van der Waals surface area contributed by atoms with Gasteiger partial charge in [-0.25, -0.2) is 15.0 Å². The minimum Gasteiger partial charge on any atom is -0.456 e. The van der Waals surface area contributed by atoms with Crippen LogP contribution in [0.5, 0.6) is 0 Å². The number of hydrogen-bond donors (Lipinski definition) is 0. The molecule has 244 valence electrons. The van der Waals surface area contributed by atoms with Crippen molar-refractivity contribution in [2.75, 3.05) is 0 Å². The van der Waals surface area contributed by atoms with Gasteiger partial charge >= 0.3 is 0 Å². The molecule has 1 aliphatic rings. The summed E-state index contributed by atoms with van der Waals surface area (Å²) in [6.07, 6.45) is 6.47. The number of aromatic nitrogens is 3. The van der Waals surface area contributed by atoms with Crippen molar-refractivity contribution in [1.82, 2.24) is 15.0 Å². The van der Waals surface area contributed by atoms with Crippen molar-refractivity contribution in [3.63, 3.8) is 0 Å². The first-order chi connectivity index (χ1) is 25.7. The maximum absolute atomic E-state index is 10.0. The minimum atomic E-state index is -0.268. The SMILES string of the molecule is N#CC1=CC=CCC1c1nc(-c2ccccc2)nc(-c2cc(-c3ccc4oc5ccccc5c4c3)cc(-c3ccc4oc5ccccc5c4c3)c2)n1. The van der Waals surface area contributed by atoms with Crippen LogP contribution in [0, 0.1) is 11.3 Å². The highest BCUT2D eigenvalue weighted by molar-refractivity contribution is 6.07. The van der Waals surface area contributed by atoms with Gasteiger partial charge in [-0.2, -0.15) is 5.26 Å². The Balaban J connectivity index is 1.21. The summed E-state index contributed by atoms with van der Waals surface area (Å²) in [5.41, 5.74) is 9.88. The molecule has 0 spiro atoms. The smallest absolute Gasteiger partial charge is 0.163 e. The molecule has 0 radical (unpaired) electrons. The Hall–Kier alpha value is -7.10. The van der Waals surface area contributed by atoms with E-state index in [0.29, 0.717) is 29.5 Å². The molecular weight excluding hydrogens is 641 g/mol. The molecule has 0 N–H and O–H groups in total. The maximum Gasteiger partial charge on any atom is 0.163 e. The maximum atomic E-state index is 10.0. The molecule has 0 fully saturated rings. The molecule has 0 saturated carbocycles. The summed E-state index contributed by atoms with van der Waals surface area (Å²) in [6.45, 7) is 0. The molecule has 0 aliphatic heterocycles. The third-order valence-electron chi connectivity index (χ3n) is 9.90. The van der Waals surface area contributed by atoms with Crippen molar-refractivity contribution in [1.29, 1.82) is 5.26 Å². The largest absolute Gasteiger partial charge is 0.456 e. The van der Waals surface area contributed by atoms with Gasteiger partial charge in [-0.3, -0.25) is 0 Å². The second-order valence-electron chi connectivity index (χ2n) is 13.1. The van der Waals surface area contributed by atoms with E-state index in [9.17, 15) is 5.26 Å². The third-order valence-corrected chi connectivity index (χ3v) is 9.90. The van der Waals surface area contributed by atoms with Gasteiger partial charge < -0.3 is 8.83 Å². The lowest BCUT2D eigenvalue weighted by Crippen LogP contribution is -2.11. The van der Waals surface area contributed by atoms with Crippen molar-refractivity contribution < 1.29 is 8.83 Å². The van der Waals surface area contributed by atoms with Crippen LogP contribution in [0.25, 0.3) is 88.9 Å². The van der Waals surface area contributed by atoms with Crippen molar-refractivity contribution in [2.45, 2.75) is 12.3 Å². The van der Waals surface area contributed by atoms with Gasteiger partial charge in [0.15, 0.2) is 11.6 Å². The van der Waals surface area contributed by atoms with Gasteiger partial charge in [-0.15, -0.1) is 0 Å². The number of rotatable bonds is 5. The topological polar surface area (TPSA) is 88.7 Å². The van der Waals surface area contributed by atoms with Crippen LogP contribution in [0.15, 0.2) is 166 Å². The molecule has 10 rings (SSSR count). The lowest BCUT2D eigenvalue weighted by atomic mass is 9.91. The Morgan fingerprint density at radius 3 is 1.65 bits per heavy atom. The predicted octanol–water partition coefficient (Wildman–Crippen LogP) is 11.8. The first-order valence-corrected chi connectivity index (χ1v) is 17.3. The normalized spacial score (nSPS) is 14.3. The molecule has 6 heteroatoms. The van der Waals surface area contributed by atoms with Crippen LogP contribution in [-0.2, 0) is 0 Å². The first-order valence-electron chi connectivity index (χ1n) is 17.3. The Kier molecular flexibility index (Phi) is 6.90. The van der Waals surface area contributed by atoms with E-state index >= 15 is 0 Å². The van der Waals surface area contributed by atoms with Gasteiger partial charge in [0, 0.05) is 38.2 Å².